The number of furan rings is 1. The minimum Gasteiger partial charge on any atom is -0.464 e. The van der Waals surface area contributed by atoms with Gasteiger partial charge in [0.25, 0.3) is 5.91 Å². The third-order valence-electron chi connectivity index (χ3n) is 4.58. The first-order valence-corrected chi connectivity index (χ1v) is 8.73. The molecule has 0 aliphatic rings. The Hall–Kier alpha value is -3.09. The summed E-state index contributed by atoms with van der Waals surface area (Å²) in [5.74, 6) is -0.879. The highest BCUT2D eigenvalue weighted by Crippen LogP contribution is 2.23. The van der Waals surface area contributed by atoms with Gasteiger partial charge in [-0.1, -0.05) is 12.1 Å². The van der Waals surface area contributed by atoms with Gasteiger partial charge in [-0.25, -0.2) is 0 Å². The minimum absolute atomic E-state index is 0.0403. The second kappa shape index (κ2) is 7.26. The van der Waals surface area contributed by atoms with Crippen molar-refractivity contribution >= 4 is 28.5 Å². The number of hydrogen-bond donors (Lipinski definition) is 1. The van der Waals surface area contributed by atoms with Crippen molar-refractivity contribution in [2.24, 2.45) is 7.05 Å². The molecule has 0 spiro atoms. The average Bonchev–Trinajstić information content (AvgIpc) is 3.09. The Balaban J connectivity index is 1.63. The van der Waals surface area contributed by atoms with Crippen LogP contribution in [0.5, 0.6) is 0 Å². The maximum Gasteiger partial charge on any atom is 0.311 e. The average molecular weight is 369 g/mol. The smallest absolute Gasteiger partial charge is 0.311 e. The van der Waals surface area contributed by atoms with Gasteiger partial charge in [-0.05, 0) is 39.3 Å². The van der Waals surface area contributed by atoms with E-state index in [-0.39, 0.29) is 6.42 Å². The van der Waals surface area contributed by atoms with Crippen molar-refractivity contribution in [1.29, 1.82) is 0 Å². The largest absolute Gasteiger partial charge is 0.464 e. The molecule has 0 aliphatic heterocycles. The Morgan fingerprint density at radius 3 is 2.70 bits per heavy atom. The number of hydrogen-bond acceptors (Lipinski definition) is 5. The summed E-state index contributed by atoms with van der Waals surface area (Å²) < 4.78 is 12.5. The molecule has 7 nitrogen and oxygen atoms in total. The maximum atomic E-state index is 12.4. The van der Waals surface area contributed by atoms with E-state index in [9.17, 15) is 9.59 Å². The molecule has 27 heavy (non-hydrogen) atoms. The lowest BCUT2D eigenvalue weighted by Crippen LogP contribution is -2.30. The molecule has 0 saturated heterocycles. The van der Waals surface area contributed by atoms with Crippen LogP contribution in [0.25, 0.3) is 11.0 Å². The molecule has 1 N–H and O–H groups in total. The Morgan fingerprint density at radius 1 is 1.30 bits per heavy atom. The quantitative estimate of drug-likeness (QED) is 0.698. The zero-order valence-electron chi connectivity index (χ0n) is 16.1. The van der Waals surface area contributed by atoms with Crippen molar-refractivity contribution in [3.05, 3.63) is 47.0 Å². The molecule has 0 unspecified atom stereocenters. The topological polar surface area (TPSA) is 86.4 Å². The Labute approximate surface area is 157 Å². The normalized spacial score (nSPS) is 12.2. The molecule has 3 aromatic rings. The van der Waals surface area contributed by atoms with Gasteiger partial charge < -0.3 is 14.5 Å². The fourth-order valence-electron chi connectivity index (χ4n) is 2.95. The highest BCUT2D eigenvalue weighted by atomic mass is 16.5. The first-order valence-electron chi connectivity index (χ1n) is 8.73. The van der Waals surface area contributed by atoms with E-state index in [1.54, 1.807) is 24.9 Å². The number of aryl methyl sites for hydroxylation is 3. The van der Waals surface area contributed by atoms with Crippen molar-refractivity contribution in [2.45, 2.75) is 40.2 Å². The van der Waals surface area contributed by atoms with Gasteiger partial charge in [0.15, 0.2) is 6.10 Å². The molecule has 0 aliphatic carbocycles. The summed E-state index contributed by atoms with van der Waals surface area (Å²) in [4.78, 5) is 24.6. The van der Waals surface area contributed by atoms with Crippen LogP contribution in [0.2, 0.25) is 0 Å². The monoisotopic (exact) mass is 369 g/mol. The molecule has 2 aromatic heterocycles. The van der Waals surface area contributed by atoms with Crippen LogP contribution in [-0.4, -0.2) is 27.8 Å². The van der Waals surface area contributed by atoms with Crippen molar-refractivity contribution in [3.63, 3.8) is 0 Å². The summed E-state index contributed by atoms with van der Waals surface area (Å²) in [5, 5.41) is 7.91. The van der Waals surface area contributed by atoms with E-state index in [0.717, 1.165) is 27.8 Å². The molecule has 0 fully saturated rings. The number of nitrogens with zero attached hydrogens (tertiary/aromatic N) is 2. The van der Waals surface area contributed by atoms with Crippen LogP contribution in [0.15, 0.2) is 28.9 Å². The van der Waals surface area contributed by atoms with Gasteiger partial charge in [-0.2, -0.15) is 5.10 Å². The van der Waals surface area contributed by atoms with Crippen LogP contribution >= 0.6 is 0 Å². The lowest BCUT2D eigenvalue weighted by Gasteiger charge is -2.13. The number of nitrogens with one attached hydrogen (secondary N) is 1. The molecular formula is C20H23N3O4. The van der Waals surface area contributed by atoms with Crippen LogP contribution in [0.4, 0.5) is 5.69 Å². The van der Waals surface area contributed by atoms with Gasteiger partial charge in [0.2, 0.25) is 0 Å². The first-order chi connectivity index (χ1) is 12.8. The number of carbonyl (C=O) groups excluding carboxylic acids is 2. The van der Waals surface area contributed by atoms with E-state index in [4.69, 9.17) is 9.15 Å². The Morgan fingerprint density at radius 2 is 2.04 bits per heavy atom. The molecule has 1 aromatic carbocycles. The van der Waals surface area contributed by atoms with E-state index in [1.807, 2.05) is 39.0 Å². The van der Waals surface area contributed by atoms with Gasteiger partial charge in [0, 0.05) is 18.0 Å². The molecule has 2 heterocycles. The second-order valence-electron chi connectivity index (χ2n) is 6.73. The molecule has 142 valence electrons. The Bertz CT molecular complexity index is 1020. The van der Waals surface area contributed by atoms with Gasteiger partial charge in [-0.3, -0.25) is 14.3 Å². The third-order valence-corrected chi connectivity index (χ3v) is 4.58. The highest BCUT2D eigenvalue weighted by Gasteiger charge is 2.21. The molecule has 0 saturated carbocycles. The summed E-state index contributed by atoms with van der Waals surface area (Å²) >= 11 is 0. The van der Waals surface area contributed by atoms with Gasteiger partial charge in [0.05, 0.1) is 29.8 Å². The summed E-state index contributed by atoms with van der Waals surface area (Å²) in [5.41, 5.74) is 4.73. The number of anilines is 1. The van der Waals surface area contributed by atoms with Crippen LogP contribution < -0.4 is 5.32 Å². The standard InChI is InChI=1S/C20H23N3O4/c1-11-6-7-16-15(10-26-17(16)8-11)9-18(24)27-14(4)20(25)21-19-12(2)22-23(5)13(19)3/h6-8,10,14H,9H2,1-5H3,(H,21,25)/t14-/m1/s1. The highest BCUT2D eigenvalue weighted by molar-refractivity contribution is 5.96. The van der Waals surface area contributed by atoms with E-state index < -0.39 is 18.0 Å². The number of ether oxygens (including phenoxy) is 1. The lowest BCUT2D eigenvalue weighted by atomic mass is 10.1. The van der Waals surface area contributed by atoms with E-state index >= 15 is 0 Å². The number of esters is 1. The molecule has 3 rings (SSSR count). The number of rotatable bonds is 5. The summed E-state index contributed by atoms with van der Waals surface area (Å²) in [6, 6.07) is 5.79. The van der Waals surface area contributed by atoms with Crippen LogP contribution in [0.3, 0.4) is 0 Å². The summed E-state index contributed by atoms with van der Waals surface area (Å²) in [6.45, 7) is 7.19. The van der Waals surface area contributed by atoms with E-state index in [0.29, 0.717) is 11.4 Å². The maximum absolute atomic E-state index is 12.4. The number of carbonyl (C=O) groups is 2. The van der Waals surface area contributed by atoms with Crippen molar-refractivity contribution in [2.75, 3.05) is 5.32 Å². The summed E-state index contributed by atoms with van der Waals surface area (Å²) in [6.07, 6.45) is 0.675. The number of aromatic nitrogens is 2. The molecule has 1 amide bonds. The van der Waals surface area contributed by atoms with Crippen LogP contribution in [0, 0.1) is 20.8 Å². The van der Waals surface area contributed by atoms with Gasteiger partial charge in [0.1, 0.15) is 5.58 Å². The predicted molar refractivity (Wildman–Crippen MR) is 102 cm³/mol. The summed E-state index contributed by atoms with van der Waals surface area (Å²) in [7, 11) is 1.80. The van der Waals surface area contributed by atoms with Crippen LogP contribution in [-0.2, 0) is 27.8 Å². The SMILES string of the molecule is Cc1ccc2c(CC(=O)O[C@H](C)C(=O)Nc3c(C)nn(C)c3C)coc2c1. The molecule has 0 radical (unpaired) electrons. The zero-order valence-corrected chi connectivity index (χ0v) is 16.1. The fraction of sp³-hybridized carbons (Fsp3) is 0.350. The number of amides is 1. The minimum atomic E-state index is -0.920. The third kappa shape index (κ3) is 3.86. The lowest BCUT2D eigenvalue weighted by molar-refractivity contribution is -0.152. The van der Waals surface area contributed by atoms with E-state index in [1.165, 1.54) is 0 Å². The molecular weight excluding hydrogens is 346 g/mol. The number of fused-ring (bicyclic) bond motifs is 1. The fourth-order valence-corrected chi connectivity index (χ4v) is 2.95. The van der Waals surface area contributed by atoms with Crippen molar-refractivity contribution < 1.29 is 18.7 Å². The van der Waals surface area contributed by atoms with E-state index in [2.05, 4.69) is 10.4 Å². The molecule has 7 heteroatoms. The zero-order chi connectivity index (χ0) is 19.7. The Kier molecular flexibility index (Phi) is 5.03. The number of benzene rings is 1. The van der Waals surface area contributed by atoms with Crippen molar-refractivity contribution in [3.8, 4) is 0 Å². The van der Waals surface area contributed by atoms with Gasteiger partial charge in [-0.15, -0.1) is 0 Å². The van der Waals surface area contributed by atoms with Crippen LogP contribution in [0.1, 0.15) is 29.4 Å². The first kappa shape index (κ1) is 18.7. The second-order valence-corrected chi connectivity index (χ2v) is 6.73. The predicted octanol–water partition coefficient (Wildman–Crippen LogP) is 3.20. The molecule has 1 atom stereocenters. The van der Waals surface area contributed by atoms with Gasteiger partial charge >= 0.3 is 5.97 Å². The van der Waals surface area contributed by atoms with Crippen molar-refractivity contribution in [1.82, 2.24) is 9.78 Å². The molecule has 0 bridgehead atoms.